The zero-order valence-electron chi connectivity index (χ0n) is 14.9. The second-order valence-corrected chi connectivity index (χ2v) is 6.70. The van der Waals surface area contributed by atoms with Crippen molar-refractivity contribution in [1.29, 1.82) is 0 Å². The summed E-state index contributed by atoms with van der Waals surface area (Å²) in [7, 11) is 0. The number of carboxylic acid groups (broad SMARTS) is 1. The Balaban J connectivity index is 1.82. The number of carbonyl (C=O) groups excluding carboxylic acids is 3. The fourth-order valence-electron chi connectivity index (χ4n) is 3.42. The van der Waals surface area contributed by atoms with Crippen molar-refractivity contribution in [2.75, 3.05) is 6.54 Å². The highest BCUT2D eigenvalue weighted by molar-refractivity contribution is 6.11. The van der Waals surface area contributed by atoms with Gasteiger partial charge in [0.25, 0.3) is 0 Å². The highest BCUT2D eigenvalue weighted by Gasteiger charge is 2.37. The Bertz CT molecular complexity index is 923. The maximum atomic E-state index is 12.8. The normalized spacial score (nSPS) is 17.7. The van der Waals surface area contributed by atoms with Gasteiger partial charge in [-0.25, -0.2) is 9.78 Å². The van der Waals surface area contributed by atoms with E-state index in [1.54, 1.807) is 24.3 Å². The van der Waals surface area contributed by atoms with Crippen LogP contribution in [0.1, 0.15) is 36.7 Å². The van der Waals surface area contributed by atoms with Crippen molar-refractivity contribution in [2.45, 2.75) is 32.2 Å². The molecule has 0 saturated carbocycles. The zero-order chi connectivity index (χ0) is 19.6. The molecule has 1 aromatic carbocycles. The summed E-state index contributed by atoms with van der Waals surface area (Å²) in [5.74, 6) is -3.68. The van der Waals surface area contributed by atoms with Gasteiger partial charge in [-0.3, -0.25) is 14.4 Å². The lowest BCUT2D eigenvalue weighted by Gasteiger charge is -2.23. The van der Waals surface area contributed by atoms with Crippen molar-refractivity contribution >= 4 is 34.3 Å². The van der Waals surface area contributed by atoms with Crippen LogP contribution < -0.4 is 0 Å². The number of carboxylic acids is 1. The molecule has 7 nitrogen and oxygen atoms in total. The smallest absolute Gasteiger partial charge is 0.326 e. The molecule has 2 atom stereocenters. The molecule has 0 bridgehead atoms. The molecule has 1 amide bonds. The summed E-state index contributed by atoms with van der Waals surface area (Å²) < 4.78 is 0. The summed E-state index contributed by atoms with van der Waals surface area (Å²) in [5, 5.41) is 10.1. The lowest BCUT2D eigenvalue weighted by Crippen LogP contribution is -2.42. The van der Waals surface area contributed by atoms with E-state index in [9.17, 15) is 24.3 Å². The first kappa shape index (κ1) is 18.7. The van der Waals surface area contributed by atoms with E-state index in [0.29, 0.717) is 24.9 Å². The van der Waals surface area contributed by atoms with Gasteiger partial charge in [0.05, 0.1) is 11.4 Å². The molecule has 0 radical (unpaired) electrons. The predicted molar refractivity (Wildman–Crippen MR) is 97.2 cm³/mol. The quantitative estimate of drug-likeness (QED) is 0.618. The van der Waals surface area contributed by atoms with Gasteiger partial charge >= 0.3 is 5.97 Å². The van der Waals surface area contributed by atoms with E-state index in [1.165, 1.54) is 11.8 Å². The zero-order valence-corrected chi connectivity index (χ0v) is 14.9. The molecule has 140 valence electrons. The molecule has 0 spiro atoms. The SMILES string of the molecule is CC(=O)C(CC(=O)N1CCC[C@H]1C(=O)O)C(=O)c1ccc2ccccc2n1. The van der Waals surface area contributed by atoms with Crippen LogP contribution in [0.25, 0.3) is 10.9 Å². The molecule has 7 heteroatoms. The van der Waals surface area contributed by atoms with Crippen LogP contribution in [0, 0.1) is 5.92 Å². The van der Waals surface area contributed by atoms with E-state index in [2.05, 4.69) is 4.98 Å². The molecule has 2 aromatic rings. The largest absolute Gasteiger partial charge is 0.480 e. The average Bonchev–Trinajstić information content (AvgIpc) is 3.15. The Morgan fingerprint density at radius 1 is 1.19 bits per heavy atom. The Morgan fingerprint density at radius 2 is 1.93 bits per heavy atom. The first-order chi connectivity index (χ1) is 12.9. The van der Waals surface area contributed by atoms with E-state index in [1.807, 2.05) is 12.1 Å². The summed E-state index contributed by atoms with van der Waals surface area (Å²) in [6.45, 7) is 1.58. The number of Topliss-reactive ketones (excluding diaryl/α,β-unsaturated/α-hetero) is 2. The van der Waals surface area contributed by atoms with Gasteiger partial charge in [0, 0.05) is 18.4 Å². The Labute approximate surface area is 156 Å². The van der Waals surface area contributed by atoms with Crippen LogP contribution >= 0.6 is 0 Å². The number of benzene rings is 1. The van der Waals surface area contributed by atoms with Crippen LogP contribution in [0.4, 0.5) is 0 Å². The molecule has 2 heterocycles. The van der Waals surface area contributed by atoms with Gasteiger partial charge in [-0.15, -0.1) is 0 Å². The first-order valence-corrected chi connectivity index (χ1v) is 8.81. The van der Waals surface area contributed by atoms with Crippen molar-refractivity contribution in [3.8, 4) is 0 Å². The Hall–Kier alpha value is -3.09. The molecule has 1 saturated heterocycles. The third-order valence-electron chi connectivity index (χ3n) is 4.90. The van der Waals surface area contributed by atoms with Crippen LogP contribution in [0.5, 0.6) is 0 Å². The maximum absolute atomic E-state index is 12.8. The van der Waals surface area contributed by atoms with Crippen molar-refractivity contribution < 1.29 is 24.3 Å². The van der Waals surface area contributed by atoms with Crippen LogP contribution in [0.3, 0.4) is 0 Å². The number of rotatable bonds is 6. The standard InChI is InChI=1S/C20H20N2O5/c1-12(23)14(11-18(24)22-10-4-7-17(22)20(26)27)19(25)16-9-8-13-5-2-3-6-15(13)21-16/h2-3,5-6,8-9,14,17H,4,7,10-11H2,1H3,(H,26,27)/t14?,17-/m0/s1. The Kier molecular flexibility index (Phi) is 5.30. The number of pyridine rings is 1. The predicted octanol–water partition coefficient (Wildman–Crippen LogP) is 2.09. The third kappa shape index (κ3) is 3.86. The fourth-order valence-corrected chi connectivity index (χ4v) is 3.42. The topological polar surface area (TPSA) is 105 Å². The molecular formula is C20H20N2O5. The number of carbonyl (C=O) groups is 4. The number of para-hydroxylation sites is 1. The van der Waals surface area contributed by atoms with E-state index < -0.39 is 35.4 Å². The minimum atomic E-state index is -1.17. The fraction of sp³-hybridized carbons (Fsp3) is 0.350. The number of ketones is 2. The van der Waals surface area contributed by atoms with Gasteiger partial charge in [-0.1, -0.05) is 24.3 Å². The number of fused-ring (bicyclic) bond motifs is 1. The minimum absolute atomic E-state index is 0.123. The highest BCUT2D eigenvalue weighted by Crippen LogP contribution is 2.22. The number of hydrogen-bond donors (Lipinski definition) is 1. The number of likely N-dealkylation sites (tertiary alicyclic amines) is 1. The molecule has 27 heavy (non-hydrogen) atoms. The lowest BCUT2D eigenvalue weighted by atomic mass is 9.92. The lowest BCUT2D eigenvalue weighted by molar-refractivity contribution is -0.148. The second kappa shape index (κ2) is 7.65. The Morgan fingerprint density at radius 3 is 2.63 bits per heavy atom. The maximum Gasteiger partial charge on any atom is 0.326 e. The molecule has 0 aliphatic carbocycles. The van der Waals surface area contributed by atoms with Crippen LogP contribution in [-0.4, -0.2) is 51.0 Å². The number of aliphatic carboxylic acids is 1. The average molecular weight is 368 g/mol. The number of nitrogens with zero attached hydrogens (tertiary/aromatic N) is 2. The molecule has 1 aromatic heterocycles. The molecule has 3 rings (SSSR count). The van der Waals surface area contributed by atoms with Crippen molar-refractivity contribution in [3.63, 3.8) is 0 Å². The minimum Gasteiger partial charge on any atom is -0.480 e. The van der Waals surface area contributed by atoms with Gasteiger partial charge in [0.15, 0.2) is 5.78 Å². The van der Waals surface area contributed by atoms with Crippen LogP contribution in [0.2, 0.25) is 0 Å². The van der Waals surface area contributed by atoms with Crippen LogP contribution in [0.15, 0.2) is 36.4 Å². The summed E-state index contributed by atoms with van der Waals surface area (Å²) in [6.07, 6.45) is 0.631. The number of aromatic nitrogens is 1. The van der Waals surface area contributed by atoms with Crippen molar-refractivity contribution in [3.05, 3.63) is 42.1 Å². The van der Waals surface area contributed by atoms with Gasteiger partial charge < -0.3 is 10.0 Å². The summed E-state index contributed by atoms with van der Waals surface area (Å²) in [6, 6.07) is 9.69. The van der Waals surface area contributed by atoms with E-state index in [0.717, 1.165) is 5.39 Å². The monoisotopic (exact) mass is 368 g/mol. The number of amides is 1. The van der Waals surface area contributed by atoms with Crippen molar-refractivity contribution in [1.82, 2.24) is 9.88 Å². The second-order valence-electron chi connectivity index (χ2n) is 6.70. The summed E-state index contributed by atoms with van der Waals surface area (Å²) >= 11 is 0. The van der Waals surface area contributed by atoms with E-state index in [4.69, 9.17) is 0 Å². The molecule has 1 unspecified atom stereocenters. The van der Waals surface area contributed by atoms with E-state index in [-0.39, 0.29) is 12.1 Å². The molecule has 1 aliphatic heterocycles. The van der Waals surface area contributed by atoms with Crippen LogP contribution in [-0.2, 0) is 14.4 Å². The molecule has 1 N–H and O–H groups in total. The van der Waals surface area contributed by atoms with E-state index >= 15 is 0 Å². The third-order valence-corrected chi connectivity index (χ3v) is 4.90. The van der Waals surface area contributed by atoms with Crippen molar-refractivity contribution in [2.24, 2.45) is 5.92 Å². The van der Waals surface area contributed by atoms with Gasteiger partial charge in [0.1, 0.15) is 17.5 Å². The summed E-state index contributed by atoms with van der Waals surface area (Å²) in [4.78, 5) is 54.3. The molecule has 1 fully saturated rings. The van der Waals surface area contributed by atoms with Gasteiger partial charge in [0.2, 0.25) is 5.91 Å². The summed E-state index contributed by atoms with van der Waals surface area (Å²) in [5.41, 5.74) is 0.750. The first-order valence-electron chi connectivity index (χ1n) is 8.81. The van der Waals surface area contributed by atoms with Gasteiger partial charge in [-0.05, 0) is 31.9 Å². The molecular weight excluding hydrogens is 348 g/mol. The number of hydrogen-bond acceptors (Lipinski definition) is 5. The van der Waals surface area contributed by atoms with Gasteiger partial charge in [-0.2, -0.15) is 0 Å². The molecule has 1 aliphatic rings. The highest BCUT2D eigenvalue weighted by atomic mass is 16.4.